The summed E-state index contributed by atoms with van der Waals surface area (Å²) in [5.74, 6) is 0. The van der Waals surface area contributed by atoms with Gasteiger partial charge in [-0.25, -0.2) is 0 Å². The summed E-state index contributed by atoms with van der Waals surface area (Å²) < 4.78 is 36.3. The van der Waals surface area contributed by atoms with Crippen LogP contribution in [0.5, 0.6) is 0 Å². The molecule has 0 fully saturated rings. The number of hydrogen-bond acceptors (Lipinski definition) is 2. The topological polar surface area (TPSA) is 29.3 Å². The maximum atomic E-state index is 12.1. The van der Waals surface area contributed by atoms with E-state index < -0.39 is 12.7 Å². The molecule has 0 rings (SSSR count). The molecular formula is C10H21F3N2. The van der Waals surface area contributed by atoms with Crippen molar-refractivity contribution in [2.24, 2.45) is 5.73 Å². The second-order valence-electron chi connectivity index (χ2n) is 4.58. The molecule has 2 nitrogen and oxygen atoms in total. The number of rotatable bonds is 6. The van der Waals surface area contributed by atoms with Gasteiger partial charge in [-0.15, -0.1) is 0 Å². The Morgan fingerprint density at radius 2 is 1.73 bits per heavy atom. The highest BCUT2D eigenvalue weighted by Crippen LogP contribution is 2.17. The maximum absolute atomic E-state index is 12.1. The minimum absolute atomic E-state index is 0.294. The highest BCUT2D eigenvalue weighted by Gasteiger charge is 2.29. The van der Waals surface area contributed by atoms with E-state index in [-0.39, 0.29) is 5.54 Å². The van der Waals surface area contributed by atoms with Crippen LogP contribution in [0.4, 0.5) is 13.2 Å². The van der Waals surface area contributed by atoms with E-state index in [0.29, 0.717) is 19.5 Å². The van der Waals surface area contributed by atoms with E-state index in [1.165, 1.54) is 4.90 Å². The number of nitrogens with zero attached hydrogens (tertiary/aromatic N) is 1. The first-order valence-electron chi connectivity index (χ1n) is 5.22. The van der Waals surface area contributed by atoms with E-state index in [9.17, 15) is 13.2 Å². The van der Waals surface area contributed by atoms with E-state index >= 15 is 0 Å². The minimum atomic E-state index is -4.10. The van der Waals surface area contributed by atoms with Crippen LogP contribution in [0, 0.1) is 0 Å². The van der Waals surface area contributed by atoms with Gasteiger partial charge in [0.25, 0.3) is 0 Å². The van der Waals surface area contributed by atoms with E-state index in [4.69, 9.17) is 5.73 Å². The first-order chi connectivity index (χ1) is 6.64. The molecule has 0 radical (unpaired) electrons. The fourth-order valence-electron chi connectivity index (χ4n) is 1.36. The number of nitrogens with two attached hydrogens (primary N) is 1. The standard InChI is InChI=1S/C10H21F3N2/c1-4-15(8-10(11,12)13)7-5-6-9(2,3)14/h4-8,14H2,1-3H3. The molecule has 0 aliphatic rings. The van der Waals surface area contributed by atoms with Gasteiger partial charge in [0.05, 0.1) is 6.54 Å². The lowest BCUT2D eigenvalue weighted by atomic mass is 10.00. The minimum Gasteiger partial charge on any atom is -0.326 e. The first kappa shape index (κ1) is 14.7. The van der Waals surface area contributed by atoms with Crippen LogP contribution in [0.25, 0.3) is 0 Å². The largest absolute Gasteiger partial charge is 0.401 e. The van der Waals surface area contributed by atoms with Gasteiger partial charge in [0, 0.05) is 5.54 Å². The molecule has 0 atom stereocenters. The number of halogens is 3. The SMILES string of the molecule is CCN(CCCC(C)(C)N)CC(F)(F)F. The normalized spacial score (nSPS) is 13.6. The Kier molecular flexibility index (Phi) is 5.59. The van der Waals surface area contributed by atoms with Gasteiger partial charge in [-0.05, 0) is 39.8 Å². The fraction of sp³-hybridized carbons (Fsp3) is 1.00. The summed E-state index contributed by atoms with van der Waals surface area (Å²) in [6.07, 6.45) is -2.66. The molecule has 0 spiro atoms. The lowest BCUT2D eigenvalue weighted by Crippen LogP contribution is -2.37. The zero-order valence-corrected chi connectivity index (χ0v) is 9.69. The van der Waals surface area contributed by atoms with E-state index in [0.717, 1.165) is 6.42 Å². The molecule has 0 unspecified atom stereocenters. The molecule has 0 amide bonds. The molecule has 15 heavy (non-hydrogen) atoms. The average Bonchev–Trinajstić information content (AvgIpc) is 1.97. The Bertz CT molecular complexity index is 172. The molecule has 0 saturated heterocycles. The van der Waals surface area contributed by atoms with E-state index in [2.05, 4.69) is 0 Å². The van der Waals surface area contributed by atoms with Gasteiger partial charge >= 0.3 is 6.18 Å². The molecule has 5 heteroatoms. The zero-order valence-electron chi connectivity index (χ0n) is 9.69. The van der Waals surface area contributed by atoms with Crippen molar-refractivity contribution >= 4 is 0 Å². The zero-order chi connectivity index (χ0) is 12.1. The monoisotopic (exact) mass is 226 g/mol. The van der Waals surface area contributed by atoms with Crippen LogP contribution in [0.2, 0.25) is 0 Å². The summed E-state index contributed by atoms with van der Waals surface area (Å²) in [4.78, 5) is 1.39. The highest BCUT2D eigenvalue weighted by molar-refractivity contribution is 4.72. The maximum Gasteiger partial charge on any atom is 0.401 e. The number of hydrogen-bond donors (Lipinski definition) is 1. The van der Waals surface area contributed by atoms with Crippen molar-refractivity contribution in [1.29, 1.82) is 0 Å². The van der Waals surface area contributed by atoms with Crippen molar-refractivity contribution in [1.82, 2.24) is 4.90 Å². The van der Waals surface area contributed by atoms with Crippen LogP contribution in [0.3, 0.4) is 0 Å². The predicted molar refractivity (Wildman–Crippen MR) is 55.7 cm³/mol. The lowest BCUT2D eigenvalue weighted by molar-refractivity contribution is -0.145. The van der Waals surface area contributed by atoms with Crippen LogP contribution in [0.1, 0.15) is 33.6 Å². The fourth-order valence-corrected chi connectivity index (χ4v) is 1.36. The molecule has 92 valence electrons. The first-order valence-corrected chi connectivity index (χ1v) is 5.22. The van der Waals surface area contributed by atoms with Crippen molar-refractivity contribution in [3.63, 3.8) is 0 Å². The molecule has 0 aromatic heterocycles. The summed E-state index contributed by atoms with van der Waals surface area (Å²) in [5, 5.41) is 0. The Hall–Kier alpha value is -0.290. The second kappa shape index (κ2) is 5.70. The third-order valence-corrected chi connectivity index (χ3v) is 2.15. The molecular weight excluding hydrogens is 205 g/mol. The van der Waals surface area contributed by atoms with Crippen molar-refractivity contribution in [2.75, 3.05) is 19.6 Å². The van der Waals surface area contributed by atoms with Crippen LogP contribution in [-0.2, 0) is 0 Å². The number of alkyl halides is 3. The van der Waals surface area contributed by atoms with Crippen LogP contribution >= 0.6 is 0 Å². The third-order valence-electron chi connectivity index (χ3n) is 2.15. The quantitative estimate of drug-likeness (QED) is 0.753. The average molecular weight is 226 g/mol. The van der Waals surface area contributed by atoms with E-state index in [1.54, 1.807) is 6.92 Å². The highest BCUT2D eigenvalue weighted by atomic mass is 19.4. The van der Waals surface area contributed by atoms with Gasteiger partial charge in [-0.2, -0.15) is 13.2 Å². The Morgan fingerprint density at radius 3 is 2.07 bits per heavy atom. The Morgan fingerprint density at radius 1 is 1.20 bits per heavy atom. The van der Waals surface area contributed by atoms with Crippen LogP contribution in [-0.4, -0.2) is 36.2 Å². The summed E-state index contributed by atoms with van der Waals surface area (Å²) in [7, 11) is 0. The van der Waals surface area contributed by atoms with Crippen LogP contribution in [0.15, 0.2) is 0 Å². The van der Waals surface area contributed by atoms with Gasteiger partial charge in [0.1, 0.15) is 0 Å². The molecule has 0 aromatic carbocycles. The van der Waals surface area contributed by atoms with E-state index in [1.807, 2.05) is 13.8 Å². The third kappa shape index (κ3) is 10.0. The van der Waals surface area contributed by atoms with Crippen molar-refractivity contribution in [3.8, 4) is 0 Å². The van der Waals surface area contributed by atoms with Gasteiger partial charge in [-0.1, -0.05) is 6.92 Å². The Balaban J connectivity index is 3.82. The lowest BCUT2D eigenvalue weighted by Gasteiger charge is -2.24. The molecule has 0 saturated carbocycles. The molecule has 0 bridgehead atoms. The summed E-state index contributed by atoms with van der Waals surface area (Å²) in [6.45, 7) is 5.55. The smallest absolute Gasteiger partial charge is 0.326 e. The van der Waals surface area contributed by atoms with Crippen molar-refractivity contribution in [2.45, 2.75) is 45.3 Å². The molecule has 0 aliphatic carbocycles. The summed E-state index contributed by atoms with van der Waals surface area (Å²) in [6, 6.07) is 0. The molecule has 0 aromatic rings. The second-order valence-corrected chi connectivity index (χ2v) is 4.58. The Labute approximate surface area is 89.6 Å². The molecule has 0 heterocycles. The summed E-state index contributed by atoms with van der Waals surface area (Å²) in [5.41, 5.74) is 5.46. The predicted octanol–water partition coefficient (Wildman–Crippen LogP) is 2.39. The van der Waals surface area contributed by atoms with Gasteiger partial charge in [0.15, 0.2) is 0 Å². The van der Waals surface area contributed by atoms with Gasteiger partial charge < -0.3 is 5.73 Å². The molecule has 0 aliphatic heterocycles. The van der Waals surface area contributed by atoms with Gasteiger partial charge in [0.2, 0.25) is 0 Å². The van der Waals surface area contributed by atoms with Crippen LogP contribution < -0.4 is 5.73 Å². The van der Waals surface area contributed by atoms with Gasteiger partial charge in [-0.3, -0.25) is 4.90 Å². The van der Waals surface area contributed by atoms with Crippen molar-refractivity contribution < 1.29 is 13.2 Å². The molecule has 2 N–H and O–H groups in total. The summed E-state index contributed by atoms with van der Waals surface area (Å²) >= 11 is 0. The van der Waals surface area contributed by atoms with Crippen molar-refractivity contribution in [3.05, 3.63) is 0 Å².